The topological polar surface area (TPSA) is 400 Å². The molecule has 23 heteroatoms. The van der Waals surface area contributed by atoms with Crippen molar-refractivity contribution in [1.82, 2.24) is 31.9 Å². The maximum Gasteiger partial charge on any atom is 0.326 e. The van der Waals surface area contributed by atoms with Crippen molar-refractivity contribution in [3.05, 3.63) is 0 Å². The summed E-state index contributed by atoms with van der Waals surface area (Å²) in [5.74, 6) is -9.81. The zero-order valence-electron chi connectivity index (χ0n) is 30.2. The summed E-state index contributed by atoms with van der Waals surface area (Å²) in [6, 6.07) is -11.1. The van der Waals surface area contributed by atoms with E-state index in [0.29, 0.717) is 6.42 Å². The molecule has 302 valence electrons. The van der Waals surface area contributed by atoms with Crippen LogP contribution in [-0.2, 0) is 38.4 Å². The zero-order valence-corrected chi connectivity index (χ0v) is 30.2. The van der Waals surface area contributed by atoms with E-state index in [4.69, 9.17) is 17.2 Å². The number of guanidine groups is 1. The number of carbonyl (C=O) groups is 8. The Morgan fingerprint density at radius 2 is 1.11 bits per heavy atom. The number of hydrogen-bond donors (Lipinski definition) is 14. The summed E-state index contributed by atoms with van der Waals surface area (Å²) in [6.07, 6.45) is -3.76. The van der Waals surface area contributed by atoms with E-state index in [1.807, 2.05) is 10.6 Å². The summed E-state index contributed by atoms with van der Waals surface area (Å²) in [4.78, 5) is 104. The first-order valence-electron chi connectivity index (χ1n) is 16.6. The Hall–Kier alpha value is -5.13. The van der Waals surface area contributed by atoms with Gasteiger partial charge in [-0.1, -0.05) is 13.8 Å². The normalized spacial score (nSPS) is 16.1. The Morgan fingerprint density at radius 3 is 1.57 bits per heavy atom. The summed E-state index contributed by atoms with van der Waals surface area (Å²) in [6.45, 7) is 5.90. The molecule has 0 saturated carbocycles. The minimum atomic E-state index is -1.89. The van der Waals surface area contributed by atoms with Crippen molar-refractivity contribution in [3.63, 3.8) is 0 Å². The van der Waals surface area contributed by atoms with E-state index < -0.39 is 115 Å². The molecule has 53 heavy (non-hydrogen) atoms. The van der Waals surface area contributed by atoms with Gasteiger partial charge in [-0.25, -0.2) is 4.79 Å². The first-order chi connectivity index (χ1) is 24.5. The molecule has 0 rings (SSSR count). The summed E-state index contributed by atoms with van der Waals surface area (Å²) in [5, 5.41) is 61.9. The van der Waals surface area contributed by atoms with E-state index in [1.54, 1.807) is 13.8 Å². The summed E-state index contributed by atoms with van der Waals surface area (Å²) < 4.78 is 0. The highest BCUT2D eigenvalue weighted by Gasteiger charge is 2.36. The number of amides is 6. The smallest absolute Gasteiger partial charge is 0.326 e. The molecular formula is C30H54N10O13. The molecule has 0 aliphatic rings. The van der Waals surface area contributed by atoms with Crippen LogP contribution < -0.4 is 49.1 Å². The number of carboxylic acid groups (broad SMARTS) is 2. The highest BCUT2D eigenvalue weighted by Crippen LogP contribution is 2.06. The Bertz CT molecular complexity index is 1320. The van der Waals surface area contributed by atoms with Gasteiger partial charge in [-0.15, -0.1) is 0 Å². The molecule has 0 bridgehead atoms. The van der Waals surface area contributed by atoms with Crippen LogP contribution in [-0.4, -0.2) is 147 Å². The van der Waals surface area contributed by atoms with Crippen molar-refractivity contribution in [2.75, 3.05) is 13.2 Å². The molecule has 0 fully saturated rings. The number of hydrogen-bond acceptors (Lipinski definition) is 13. The Labute approximate surface area is 305 Å². The van der Waals surface area contributed by atoms with Crippen LogP contribution in [0.2, 0.25) is 0 Å². The van der Waals surface area contributed by atoms with Crippen molar-refractivity contribution >= 4 is 53.3 Å². The zero-order chi connectivity index (χ0) is 41.2. The van der Waals surface area contributed by atoms with Crippen molar-refractivity contribution in [1.29, 1.82) is 0 Å². The second-order valence-electron chi connectivity index (χ2n) is 12.7. The molecule has 6 amide bonds. The van der Waals surface area contributed by atoms with Crippen LogP contribution in [0.5, 0.6) is 0 Å². The monoisotopic (exact) mass is 762 g/mol. The predicted octanol–water partition coefficient (Wildman–Crippen LogP) is -6.34. The Balaban J connectivity index is 5.71. The Kier molecular flexibility index (Phi) is 21.2. The number of aliphatic hydroxyl groups excluding tert-OH is 3. The quantitative estimate of drug-likeness (QED) is 0.0247. The lowest BCUT2D eigenvalue weighted by Crippen LogP contribution is -2.63. The van der Waals surface area contributed by atoms with Gasteiger partial charge in [0, 0.05) is 6.54 Å². The van der Waals surface area contributed by atoms with E-state index in [-0.39, 0.29) is 31.3 Å². The van der Waals surface area contributed by atoms with E-state index in [9.17, 15) is 63.9 Å². The van der Waals surface area contributed by atoms with Gasteiger partial charge < -0.3 is 74.6 Å². The third-order valence-corrected chi connectivity index (χ3v) is 7.33. The summed E-state index contributed by atoms with van der Waals surface area (Å²) in [7, 11) is 0. The Morgan fingerprint density at radius 1 is 0.642 bits per heavy atom. The average Bonchev–Trinajstić information content (AvgIpc) is 3.04. The van der Waals surface area contributed by atoms with Gasteiger partial charge in [-0.3, -0.25) is 38.6 Å². The molecule has 0 saturated heterocycles. The molecule has 0 aliphatic heterocycles. The number of nitrogens with one attached hydrogen (secondary N) is 6. The van der Waals surface area contributed by atoms with E-state index >= 15 is 0 Å². The molecule has 23 nitrogen and oxygen atoms in total. The van der Waals surface area contributed by atoms with Crippen LogP contribution in [0.15, 0.2) is 4.99 Å². The lowest BCUT2D eigenvalue weighted by atomic mass is 10.0. The number of aliphatic hydroxyl groups is 3. The fourth-order valence-electron chi connectivity index (χ4n) is 4.45. The highest BCUT2D eigenvalue weighted by atomic mass is 16.4. The fraction of sp³-hybridized carbons (Fsp3) is 0.700. The van der Waals surface area contributed by atoms with Crippen LogP contribution in [0.3, 0.4) is 0 Å². The van der Waals surface area contributed by atoms with Gasteiger partial charge in [-0.05, 0) is 46.0 Å². The van der Waals surface area contributed by atoms with Gasteiger partial charge in [0.1, 0.15) is 36.3 Å². The molecule has 0 aromatic rings. The number of nitrogens with two attached hydrogens (primary N) is 3. The number of nitrogens with zero attached hydrogens (tertiary/aromatic N) is 1. The molecule has 0 aromatic heterocycles. The number of rotatable bonds is 24. The number of carboxylic acids is 2. The second kappa shape index (κ2) is 23.4. The van der Waals surface area contributed by atoms with Gasteiger partial charge in [0.15, 0.2) is 5.96 Å². The molecule has 9 atom stereocenters. The molecule has 0 aliphatic carbocycles. The molecule has 0 aromatic carbocycles. The van der Waals surface area contributed by atoms with E-state index in [1.165, 1.54) is 6.92 Å². The molecule has 0 heterocycles. The minimum absolute atomic E-state index is 0.0728. The summed E-state index contributed by atoms with van der Waals surface area (Å²) >= 11 is 0. The van der Waals surface area contributed by atoms with Crippen LogP contribution in [0, 0.1) is 5.92 Å². The van der Waals surface area contributed by atoms with Gasteiger partial charge in [0.05, 0.1) is 31.3 Å². The highest BCUT2D eigenvalue weighted by molar-refractivity contribution is 5.98. The summed E-state index contributed by atoms with van der Waals surface area (Å²) in [5.41, 5.74) is 16.3. The lowest BCUT2D eigenvalue weighted by molar-refractivity contribution is -0.143. The van der Waals surface area contributed by atoms with Crippen LogP contribution in [0.4, 0.5) is 0 Å². The maximum atomic E-state index is 13.1. The van der Waals surface area contributed by atoms with E-state index in [0.717, 1.165) is 13.8 Å². The van der Waals surface area contributed by atoms with Gasteiger partial charge in [0.25, 0.3) is 0 Å². The first-order valence-corrected chi connectivity index (χ1v) is 16.6. The minimum Gasteiger partial charge on any atom is -0.481 e. The van der Waals surface area contributed by atoms with E-state index in [2.05, 4.69) is 26.3 Å². The third kappa shape index (κ3) is 18.3. The molecule has 17 N–H and O–H groups in total. The van der Waals surface area contributed by atoms with Crippen LogP contribution in [0.1, 0.15) is 60.3 Å². The second-order valence-corrected chi connectivity index (χ2v) is 12.7. The van der Waals surface area contributed by atoms with Crippen molar-refractivity contribution < 1.29 is 63.9 Å². The van der Waals surface area contributed by atoms with Crippen LogP contribution >= 0.6 is 0 Å². The van der Waals surface area contributed by atoms with Gasteiger partial charge in [0.2, 0.25) is 35.4 Å². The third-order valence-electron chi connectivity index (χ3n) is 7.33. The van der Waals surface area contributed by atoms with Crippen LogP contribution in [0.25, 0.3) is 0 Å². The predicted molar refractivity (Wildman–Crippen MR) is 185 cm³/mol. The number of aliphatic carboxylic acids is 2. The van der Waals surface area contributed by atoms with Crippen molar-refractivity contribution in [2.45, 2.75) is 115 Å². The number of carbonyl (C=O) groups excluding carboxylic acids is 6. The fourth-order valence-corrected chi connectivity index (χ4v) is 4.45. The average molecular weight is 763 g/mol. The number of aliphatic imine (C=N–C) groups is 1. The lowest BCUT2D eigenvalue weighted by Gasteiger charge is -2.28. The SMILES string of the molecule is CC(C)C[C@H](NC(=O)[C@H](C)NC(=O)[C@H](CC(=O)O)NC(=O)[C@H](CO)NC(=O)[C@@H](NC(=O)[C@@H](NC(=O)[C@@H](N)CCCN=C(N)N)[C@@H](C)O)[C@@H](C)O)C(=O)O. The largest absolute Gasteiger partial charge is 0.481 e. The molecule has 0 spiro atoms. The maximum absolute atomic E-state index is 13.1. The molecule has 0 unspecified atom stereocenters. The van der Waals surface area contributed by atoms with Gasteiger partial charge in [-0.2, -0.15) is 0 Å². The first kappa shape index (κ1) is 47.9. The van der Waals surface area contributed by atoms with Gasteiger partial charge >= 0.3 is 11.9 Å². The standard InChI is InChI=1S/C30H54N10O13/c1-12(2)9-18(29(52)53)37-23(46)13(3)35-25(48)17(10-20(44)45)36-26(49)19(11-41)38-27(50)21(14(4)42)40-28(51)22(15(5)43)39-24(47)16(31)7-6-8-34-30(32)33/h12-19,21-22,41-43H,6-11,31H2,1-5H3,(H,35,48)(H,36,49)(H,37,46)(H,38,50)(H,39,47)(H,40,51)(H,44,45)(H,52,53)(H4,32,33,34)/t13-,14+,15+,16-,17-,18-,19-,21-,22-/m0/s1. The molecule has 0 radical (unpaired) electrons. The molecular weight excluding hydrogens is 708 g/mol. The van der Waals surface area contributed by atoms with Crippen molar-refractivity contribution in [2.24, 2.45) is 28.1 Å². The van der Waals surface area contributed by atoms with Crippen molar-refractivity contribution in [3.8, 4) is 0 Å².